The fraction of sp³-hybridized carbons (Fsp3) is 0.478. The van der Waals surface area contributed by atoms with E-state index in [9.17, 15) is 8.42 Å². The van der Waals surface area contributed by atoms with E-state index in [1.54, 1.807) is 24.3 Å². The summed E-state index contributed by atoms with van der Waals surface area (Å²) in [6.07, 6.45) is 3.80. The summed E-state index contributed by atoms with van der Waals surface area (Å²) in [4.78, 5) is 0.196. The topological polar surface area (TPSA) is 43.4 Å². The van der Waals surface area contributed by atoms with Crippen molar-refractivity contribution in [3.63, 3.8) is 0 Å². The Morgan fingerprint density at radius 1 is 1.07 bits per heavy atom. The van der Waals surface area contributed by atoms with Gasteiger partial charge >= 0.3 is 0 Å². The molecule has 0 saturated heterocycles. The van der Waals surface area contributed by atoms with Crippen LogP contribution in [0.1, 0.15) is 54.0 Å². The molecule has 0 bridgehead atoms. The molecule has 166 valence electrons. The number of alkyl halides is 2. The van der Waals surface area contributed by atoms with Crippen LogP contribution in [0.4, 0.5) is 0 Å². The van der Waals surface area contributed by atoms with Gasteiger partial charge in [-0.05, 0) is 67.5 Å². The zero-order chi connectivity index (χ0) is 23.0. The Labute approximate surface area is 192 Å². The molecule has 0 spiro atoms. The Balaban J connectivity index is 0. The molecule has 0 atom stereocenters. The van der Waals surface area contributed by atoms with Crippen LogP contribution < -0.4 is 0 Å². The van der Waals surface area contributed by atoms with Gasteiger partial charge in [0.2, 0.25) is 0 Å². The smallest absolute Gasteiger partial charge is 0.262 e. The average molecular weight is 508 g/mol. The number of rotatable bonds is 6. The SMILES string of the molecule is C/C=C(\C)COS(=O)(=O)c1ccc(C)cc1.CC(C)=C(C)CBr.CC(C)=CCCl. The van der Waals surface area contributed by atoms with E-state index in [4.69, 9.17) is 15.8 Å². The van der Waals surface area contributed by atoms with Gasteiger partial charge in [0.05, 0.1) is 11.5 Å². The highest BCUT2D eigenvalue weighted by molar-refractivity contribution is 9.09. The lowest BCUT2D eigenvalue weighted by atomic mass is 10.2. The van der Waals surface area contributed by atoms with Crippen LogP contribution in [0.15, 0.2) is 63.6 Å². The predicted molar refractivity (Wildman–Crippen MR) is 132 cm³/mol. The summed E-state index contributed by atoms with van der Waals surface area (Å²) in [6, 6.07) is 6.60. The van der Waals surface area contributed by atoms with Crippen LogP contribution in [0.25, 0.3) is 0 Å². The average Bonchev–Trinajstić information content (AvgIpc) is 2.66. The summed E-state index contributed by atoms with van der Waals surface area (Å²) < 4.78 is 28.3. The molecule has 0 heterocycles. The van der Waals surface area contributed by atoms with E-state index in [2.05, 4.69) is 36.7 Å². The minimum absolute atomic E-state index is 0.104. The third-order valence-corrected chi connectivity index (χ3v) is 6.06. The quantitative estimate of drug-likeness (QED) is 0.226. The van der Waals surface area contributed by atoms with Gasteiger partial charge in [-0.1, -0.05) is 68.1 Å². The first-order valence-corrected chi connectivity index (χ1v) is 12.4. The molecule has 6 heteroatoms. The molecule has 0 unspecified atom stereocenters. The molecule has 0 aliphatic rings. The molecule has 29 heavy (non-hydrogen) atoms. The standard InChI is InChI=1S/C12H16O3S.C6H11Br.C5H9Cl/c1-4-10(2)9-15-16(13,14)12-7-5-11(3)6-8-12;1-5(2)6(3)4-7;1-5(2)3-4-6/h4-8H,9H2,1-3H3;4H2,1-3H3;3H,4H2,1-2H3/b10-4+;;. The first-order chi connectivity index (χ1) is 13.4. The number of halogens is 2. The van der Waals surface area contributed by atoms with E-state index in [1.807, 2.05) is 46.8 Å². The van der Waals surface area contributed by atoms with Gasteiger partial charge in [-0.15, -0.1) is 11.6 Å². The fourth-order valence-electron chi connectivity index (χ4n) is 1.31. The molecule has 0 fully saturated rings. The van der Waals surface area contributed by atoms with Gasteiger partial charge in [-0.3, -0.25) is 4.18 Å². The summed E-state index contributed by atoms with van der Waals surface area (Å²) in [7, 11) is -3.62. The predicted octanol–water partition coefficient (Wildman–Crippen LogP) is 7.60. The Kier molecular flexibility index (Phi) is 17.6. The van der Waals surface area contributed by atoms with Gasteiger partial charge in [-0.2, -0.15) is 8.42 Å². The Hall–Kier alpha value is -0.880. The van der Waals surface area contributed by atoms with E-state index >= 15 is 0 Å². The number of hydrogen-bond acceptors (Lipinski definition) is 3. The molecular weight excluding hydrogens is 472 g/mol. The van der Waals surface area contributed by atoms with Crippen molar-refractivity contribution >= 4 is 37.6 Å². The van der Waals surface area contributed by atoms with Crippen LogP contribution in [0.2, 0.25) is 0 Å². The normalized spacial score (nSPS) is 10.8. The van der Waals surface area contributed by atoms with Crippen LogP contribution >= 0.6 is 27.5 Å². The van der Waals surface area contributed by atoms with Crippen molar-refractivity contribution in [2.75, 3.05) is 17.8 Å². The molecule has 1 aromatic rings. The maximum atomic E-state index is 11.7. The lowest BCUT2D eigenvalue weighted by Crippen LogP contribution is -2.08. The molecule has 0 amide bonds. The number of allylic oxidation sites excluding steroid dienone is 5. The summed E-state index contributed by atoms with van der Waals surface area (Å²) in [5.74, 6) is 0.641. The van der Waals surface area contributed by atoms with Crippen LogP contribution in [0, 0.1) is 6.92 Å². The van der Waals surface area contributed by atoms with Crippen molar-refractivity contribution in [3.05, 3.63) is 64.3 Å². The van der Waals surface area contributed by atoms with Gasteiger partial charge in [0.25, 0.3) is 10.1 Å². The fourth-order valence-corrected chi connectivity index (χ4v) is 3.13. The van der Waals surface area contributed by atoms with Crippen molar-refractivity contribution in [2.45, 2.75) is 60.3 Å². The van der Waals surface area contributed by atoms with Crippen LogP contribution in [0.5, 0.6) is 0 Å². The molecule has 0 N–H and O–H groups in total. The molecule has 0 aliphatic heterocycles. The molecule has 0 radical (unpaired) electrons. The lowest BCUT2D eigenvalue weighted by molar-refractivity contribution is 0.348. The van der Waals surface area contributed by atoms with Gasteiger partial charge in [0.15, 0.2) is 0 Å². The Morgan fingerprint density at radius 3 is 1.86 bits per heavy atom. The van der Waals surface area contributed by atoms with E-state index in [-0.39, 0.29) is 11.5 Å². The van der Waals surface area contributed by atoms with Gasteiger partial charge in [0, 0.05) is 11.2 Å². The largest absolute Gasteiger partial charge is 0.297 e. The summed E-state index contributed by atoms with van der Waals surface area (Å²) >= 11 is 8.68. The van der Waals surface area contributed by atoms with Crippen molar-refractivity contribution in [2.24, 2.45) is 0 Å². The molecule has 0 aliphatic carbocycles. The lowest BCUT2D eigenvalue weighted by Gasteiger charge is -2.05. The van der Waals surface area contributed by atoms with Crippen LogP contribution in [-0.2, 0) is 14.3 Å². The first kappa shape index (κ1) is 30.3. The minimum Gasteiger partial charge on any atom is -0.262 e. The highest BCUT2D eigenvalue weighted by Crippen LogP contribution is 2.14. The molecule has 1 aromatic carbocycles. The Bertz CT molecular complexity index is 769. The second kappa shape index (κ2) is 16.9. The van der Waals surface area contributed by atoms with Crippen molar-refractivity contribution in [1.82, 2.24) is 0 Å². The summed E-state index contributed by atoms with van der Waals surface area (Å²) in [5.41, 5.74) is 6.03. The van der Waals surface area contributed by atoms with E-state index < -0.39 is 10.1 Å². The monoisotopic (exact) mass is 506 g/mol. The zero-order valence-electron chi connectivity index (χ0n) is 19.0. The van der Waals surface area contributed by atoms with Crippen LogP contribution in [-0.4, -0.2) is 26.2 Å². The maximum absolute atomic E-state index is 11.7. The number of benzene rings is 1. The number of aryl methyl sites for hydroxylation is 1. The van der Waals surface area contributed by atoms with Gasteiger partial charge in [0.1, 0.15) is 0 Å². The molecule has 0 aromatic heterocycles. The van der Waals surface area contributed by atoms with Crippen molar-refractivity contribution in [3.8, 4) is 0 Å². The zero-order valence-corrected chi connectivity index (χ0v) is 22.1. The maximum Gasteiger partial charge on any atom is 0.297 e. The molecular formula is C23H36BrClO3S. The van der Waals surface area contributed by atoms with E-state index in [0.29, 0.717) is 5.88 Å². The molecule has 1 rings (SSSR count). The highest BCUT2D eigenvalue weighted by atomic mass is 79.9. The number of hydrogen-bond donors (Lipinski definition) is 0. The second-order valence-electron chi connectivity index (χ2n) is 7.01. The third kappa shape index (κ3) is 16.6. The van der Waals surface area contributed by atoms with E-state index in [1.165, 1.54) is 16.7 Å². The molecule has 0 saturated carbocycles. The summed E-state index contributed by atoms with van der Waals surface area (Å²) in [6.45, 7) is 16.1. The van der Waals surface area contributed by atoms with Crippen molar-refractivity contribution < 1.29 is 12.6 Å². The first-order valence-electron chi connectivity index (χ1n) is 9.37. The van der Waals surface area contributed by atoms with Crippen LogP contribution in [0.3, 0.4) is 0 Å². The second-order valence-corrected chi connectivity index (χ2v) is 9.50. The van der Waals surface area contributed by atoms with Gasteiger partial charge < -0.3 is 0 Å². The Morgan fingerprint density at radius 2 is 1.59 bits per heavy atom. The third-order valence-electron chi connectivity index (χ3n) is 3.78. The van der Waals surface area contributed by atoms with Crippen molar-refractivity contribution in [1.29, 1.82) is 0 Å². The van der Waals surface area contributed by atoms with Gasteiger partial charge in [-0.25, -0.2) is 0 Å². The van der Waals surface area contributed by atoms with E-state index in [0.717, 1.165) is 16.5 Å². The molecule has 3 nitrogen and oxygen atoms in total. The minimum atomic E-state index is -3.62. The highest BCUT2D eigenvalue weighted by Gasteiger charge is 2.14. The summed E-state index contributed by atoms with van der Waals surface area (Å²) in [5, 5.41) is 1.01.